The number of rotatable bonds is 9. The van der Waals surface area contributed by atoms with Gasteiger partial charge in [-0.3, -0.25) is 0 Å². The molecule has 1 fully saturated rings. The Morgan fingerprint density at radius 3 is 1.82 bits per heavy atom. The number of carbonyl (C=O) groups excluding carboxylic acids is 1. The topological polar surface area (TPSA) is 68.2 Å². The van der Waals surface area contributed by atoms with Gasteiger partial charge in [0.25, 0.3) is 0 Å². The first kappa shape index (κ1) is 27.3. The molecule has 6 heteroatoms. The average molecular weight is 538 g/mol. The van der Waals surface area contributed by atoms with Crippen molar-refractivity contribution in [1.82, 2.24) is 0 Å². The molecule has 0 radical (unpaired) electrons. The molecule has 3 atom stereocenters. The molecule has 0 spiro atoms. The van der Waals surface area contributed by atoms with Gasteiger partial charge < -0.3 is 24.2 Å². The summed E-state index contributed by atoms with van der Waals surface area (Å²) in [5.74, 6) is 0.766. The fourth-order valence-corrected chi connectivity index (χ4v) is 4.94. The molecule has 0 bridgehead atoms. The molecular weight excluding hydrogens is 502 g/mol. The van der Waals surface area contributed by atoms with E-state index in [4.69, 9.17) is 14.2 Å². The Bertz CT molecular complexity index is 1420. The van der Waals surface area contributed by atoms with E-state index in [-0.39, 0.29) is 0 Å². The highest BCUT2D eigenvalue weighted by molar-refractivity contribution is 5.86. The maximum absolute atomic E-state index is 13.4. The molecular formula is C34H35NO5. The van der Waals surface area contributed by atoms with Crippen molar-refractivity contribution in [2.24, 2.45) is 0 Å². The van der Waals surface area contributed by atoms with Gasteiger partial charge in [0.05, 0.1) is 11.7 Å². The molecule has 4 aromatic carbocycles. The maximum Gasteiger partial charge on any atom is 0.332 e. The Kier molecular flexibility index (Phi) is 8.08. The standard InChI is InChI=1S/C34H35NO5/c1-34(2,3)40-33(37)31-32(36)30(26-18-10-12-20-28(26)38-22-24-14-6-4-7-15-24)35(31)27-19-11-13-21-29(27)39-23-25-16-8-5-9-17-25/h4-21,30-32,36H,22-23H2,1-3H3. The second-order valence-electron chi connectivity index (χ2n) is 10.9. The number of anilines is 1. The molecule has 0 amide bonds. The highest BCUT2D eigenvalue weighted by atomic mass is 16.6. The summed E-state index contributed by atoms with van der Waals surface area (Å²) in [5, 5.41) is 11.5. The van der Waals surface area contributed by atoms with Crippen LogP contribution in [0.5, 0.6) is 11.5 Å². The zero-order valence-electron chi connectivity index (χ0n) is 23.1. The fourth-order valence-electron chi connectivity index (χ4n) is 4.94. The van der Waals surface area contributed by atoms with Gasteiger partial charge in [0, 0.05) is 5.56 Å². The Hall–Kier alpha value is -4.29. The van der Waals surface area contributed by atoms with Gasteiger partial charge in [0.15, 0.2) is 6.04 Å². The van der Waals surface area contributed by atoms with Crippen LogP contribution in [0.2, 0.25) is 0 Å². The van der Waals surface area contributed by atoms with Crippen molar-refractivity contribution in [3.05, 3.63) is 126 Å². The molecule has 40 heavy (non-hydrogen) atoms. The first-order valence-electron chi connectivity index (χ1n) is 13.5. The largest absolute Gasteiger partial charge is 0.489 e. The summed E-state index contributed by atoms with van der Waals surface area (Å²) in [6.45, 7) is 6.21. The average Bonchev–Trinajstić information content (AvgIpc) is 2.94. The van der Waals surface area contributed by atoms with Crippen LogP contribution in [-0.2, 0) is 22.7 Å². The monoisotopic (exact) mass is 537 g/mol. The number of carbonyl (C=O) groups is 1. The molecule has 1 aliphatic heterocycles. The number of hydrogen-bond acceptors (Lipinski definition) is 6. The van der Waals surface area contributed by atoms with Crippen LogP contribution in [0.15, 0.2) is 109 Å². The minimum Gasteiger partial charge on any atom is -0.489 e. The van der Waals surface area contributed by atoms with E-state index < -0.39 is 29.8 Å². The summed E-state index contributed by atoms with van der Waals surface area (Å²) in [6, 6.07) is 33.6. The second-order valence-corrected chi connectivity index (χ2v) is 10.9. The Balaban J connectivity index is 1.49. The molecule has 0 aromatic heterocycles. The highest BCUT2D eigenvalue weighted by Crippen LogP contribution is 2.49. The lowest BCUT2D eigenvalue weighted by molar-refractivity contribution is -0.164. The van der Waals surface area contributed by atoms with E-state index in [0.717, 1.165) is 16.7 Å². The van der Waals surface area contributed by atoms with Crippen molar-refractivity contribution < 1.29 is 24.1 Å². The Morgan fingerprint density at radius 2 is 1.23 bits per heavy atom. The number of benzene rings is 4. The SMILES string of the molecule is CC(C)(C)OC(=O)C1C(O)C(c2ccccc2OCc2ccccc2)N1c1ccccc1OCc1ccccc1. The predicted octanol–water partition coefficient (Wildman–Crippen LogP) is 6.48. The third kappa shape index (κ3) is 6.13. The van der Waals surface area contributed by atoms with Crippen LogP contribution >= 0.6 is 0 Å². The number of aliphatic hydroxyl groups excluding tert-OH is 1. The molecule has 3 unspecified atom stereocenters. The molecule has 4 aromatic rings. The smallest absolute Gasteiger partial charge is 0.332 e. The third-order valence-corrected chi connectivity index (χ3v) is 6.75. The molecule has 0 saturated carbocycles. The van der Waals surface area contributed by atoms with Crippen LogP contribution in [0.25, 0.3) is 0 Å². The summed E-state index contributed by atoms with van der Waals surface area (Å²) in [5.41, 5.74) is 2.84. The van der Waals surface area contributed by atoms with E-state index in [2.05, 4.69) is 0 Å². The van der Waals surface area contributed by atoms with Gasteiger partial charge in [-0.25, -0.2) is 4.79 Å². The highest BCUT2D eigenvalue weighted by Gasteiger charge is 2.55. The molecule has 1 N–H and O–H groups in total. The van der Waals surface area contributed by atoms with Crippen LogP contribution in [0.3, 0.4) is 0 Å². The molecule has 0 aliphatic carbocycles. The lowest BCUT2D eigenvalue weighted by Gasteiger charge is -2.53. The predicted molar refractivity (Wildman–Crippen MR) is 155 cm³/mol. The van der Waals surface area contributed by atoms with E-state index in [1.54, 1.807) is 0 Å². The van der Waals surface area contributed by atoms with Gasteiger partial charge in [-0.1, -0.05) is 91.0 Å². The molecule has 1 aliphatic rings. The van der Waals surface area contributed by atoms with Gasteiger partial charge in [-0.05, 0) is 50.1 Å². The van der Waals surface area contributed by atoms with Gasteiger partial charge in [0.1, 0.15) is 36.4 Å². The molecule has 6 nitrogen and oxygen atoms in total. The molecule has 5 rings (SSSR count). The number of aliphatic hydroxyl groups is 1. The van der Waals surface area contributed by atoms with Crippen molar-refractivity contribution >= 4 is 11.7 Å². The van der Waals surface area contributed by atoms with Gasteiger partial charge in [-0.2, -0.15) is 0 Å². The van der Waals surface area contributed by atoms with Crippen molar-refractivity contribution in [3.63, 3.8) is 0 Å². The number of esters is 1. The first-order chi connectivity index (χ1) is 19.3. The number of nitrogens with zero attached hydrogens (tertiary/aromatic N) is 1. The minimum absolute atomic E-state index is 0.368. The number of hydrogen-bond donors (Lipinski definition) is 1. The van der Waals surface area contributed by atoms with E-state index in [9.17, 15) is 9.90 Å². The maximum atomic E-state index is 13.4. The normalized spacial score (nSPS) is 18.5. The van der Waals surface area contributed by atoms with Crippen molar-refractivity contribution in [1.29, 1.82) is 0 Å². The summed E-state index contributed by atoms with van der Waals surface area (Å²) >= 11 is 0. The Morgan fingerprint density at radius 1 is 0.725 bits per heavy atom. The zero-order chi connectivity index (χ0) is 28.1. The van der Waals surface area contributed by atoms with E-state index in [1.807, 2.05) is 135 Å². The van der Waals surface area contributed by atoms with E-state index >= 15 is 0 Å². The Labute approximate surface area is 235 Å². The summed E-state index contributed by atoms with van der Waals surface area (Å²) in [4.78, 5) is 15.3. The lowest BCUT2D eigenvalue weighted by atomic mass is 9.82. The quantitative estimate of drug-likeness (QED) is 0.247. The summed E-state index contributed by atoms with van der Waals surface area (Å²) in [6.07, 6.45) is -1.02. The van der Waals surface area contributed by atoms with Crippen molar-refractivity contribution in [2.45, 2.75) is 57.8 Å². The zero-order valence-corrected chi connectivity index (χ0v) is 23.1. The molecule has 206 valence electrons. The van der Waals surface area contributed by atoms with Gasteiger partial charge in [-0.15, -0.1) is 0 Å². The fraction of sp³-hybridized carbons (Fsp3) is 0.265. The van der Waals surface area contributed by atoms with Crippen LogP contribution in [0.1, 0.15) is 43.5 Å². The van der Waals surface area contributed by atoms with Crippen molar-refractivity contribution in [3.8, 4) is 11.5 Å². The summed E-state index contributed by atoms with van der Waals surface area (Å²) < 4.78 is 18.2. The third-order valence-electron chi connectivity index (χ3n) is 6.75. The van der Waals surface area contributed by atoms with Crippen molar-refractivity contribution in [2.75, 3.05) is 4.90 Å². The molecule has 1 heterocycles. The molecule has 1 saturated heterocycles. The summed E-state index contributed by atoms with van der Waals surface area (Å²) in [7, 11) is 0. The van der Waals surface area contributed by atoms with Crippen LogP contribution in [-0.4, -0.2) is 28.8 Å². The van der Waals surface area contributed by atoms with Crippen LogP contribution < -0.4 is 14.4 Å². The minimum atomic E-state index is -1.02. The lowest BCUT2D eigenvalue weighted by Crippen LogP contribution is -2.66. The van der Waals surface area contributed by atoms with E-state index in [1.165, 1.54) is 0 Å². The second kappa shape index (κ2) is 11.8. The van der Waals surface area contributed by atoms with Crippen LogP contribution in [0, 0.1) is 0 Å². The van der Waals surface area contributed by atoms with Gasteiger partial charge in [0.2, 0.25) is 0 Å². The number of para-hydroxylation sites is 3. The number of ether oxygens (including phenoxy) is 3. The first-order valence-corrected chi connectivity index (χ1v) is 13.5. The van der Waals surface area contributed by atoms with Crippen LogP contribution in [0.4, 0.5) is 5.69 Å². The van der Waals surface area contributed by atoms with E-state index in [0.29, 0.717) is 30.4 Å². The van der Waals surface area contributed by atoms with Gasteiger partial charge >= 0.3 is 5.97 Å².